The van der Waals surface area contributed by atoms with Crippen LogP contribution in [0.15, 0.2) is 18.2 Å². The molecule has 16 heavy (non-hydrogen) atoms. The van der Waals surface area contributed by atoms with E-state index in [0.29, 0.717) is 0 Å². The average Bonchev–Trinajstić information content (AvgIpc) is 2.21. The van der Waals surface area contributed by atoms with Gasteiger partial charge in [0.1, 0.15) is 0 Å². The van der Waals surface area contributed by atoms with Crippen molar-refractivity contribution in [2.75, 3.05) is 18.5 Å². The Morgan fingerprint density at radius 3 is 2.50 bits per heavy atom. The molecule has 0 aliphatic carbocycles. The van der Waals surface area contributed by atoms with Gasteiger partial charge in [0.15, 0.2) is 0 Å². The fraction of sp³-hybridized carbons (Fsp3) is 0.500. The van der Waals surface area contributed by atoms with Gasteiger partial charge < -0.3 is 4.90 Å². The highest BCUT2D eigenvalue weighted by Gasteiger charge is 2.20. The third-order valence-electron chi connectivity index (χ3n) is 2.71. The van der Waals surface area contributed by atoms with Crippen molar-refractivity contribution in [2.24, 2.45) is 5.41 Å². The van der Waals surface area contributed by atoms with Crippen molar-refractivity contribution in [3.8, 4) is 6.07 Å². The summed E-state index contributed by atoms with van der Waals surface area (Å²) in [5.41, 5.74) is 3.40. The lowest BCUT2D eigenvalue weighted by atomic mass is 9.95. The molecule has 2 nitrogen and oxygen atoms in total. The van der Waals surface area contributed by atoms with Gasteiger partial charge in [-0.1, -0.05) is 12.1 Å². The Labute approximate surface area is 98.5 Å². The van der Waals surface area contributed by atoms with Crippen LogP contribution in [0.25, 0.3) is 0 Å². The Kier molecular flexibility index (Phi) is 3.59. The van der Waals surface area contributed by atoms with Crippen molar-refractivity contribution >= 4 is 5.69 Å². The van der Waals surface area contributed by atoms with Crippen molar-refractivity contribution in [1.29, 1.82) is 5.26 Å². The van der Waals surface area contributed by atoms with Crippen molar-refractivity contribution in [3.05, 3.63) is 29.3 Å². The Balaban J connectivity index is 2.93. The van der Waals surface area contributed by atoms with Crippen LogP contribution in [0, 0.1) is 30.6 Å². The van der Waals surface area contributed by atoms with Crippen LogP contribution in [0.3, 0.4) is 0 Å². The Bertz CT molecular complexity index is 413. The van der Waals surface area contributed by atoms with Gasteiger partial charge in [0.05, 0.1) is 11.5 Å². The first-order valence-corrected chi connectivity index (χ1v) is 5.55. The number of nitriles is 1. The summed E-state index contributed by atoms with van der Waals surface area (Å²) in [5, 5.41) is 9.04. The molecule has 0 aromatic heterocycles. The first-order chi connectivity index (χ1) is 7.35. The molecule has 0 saturated carbocycles. The number of nitrogens with zero attached hydrogens (tertiary/aromatic N) is 2. The van der Waals surface area contributed by atoms with Crippen molar-refractivity contribution in [1.82, 2.24) is 0 Å². The van der Waals surface area contributed by atoms with Gasteiger partial charge in [0, 0.05) is 19.3 Å². The molecule has 1 aromatic carbocycles. The zero-order valence-corrected chi connectivity index (χ0v) is 10.8. The monoisotopic (exact) mass is 216 g/mol. The van der Waals surface area contributed by atoms with E-state index in [-0.39, 0.29) is 5.41 Å². The molecule has 0 unspecified atom stereocenters. The quantitative estimate of drug-likeness (QED) is 0.775. The van der Waals surface area contributed by atoms with E-state index in [1.165, 1.54) is 16.8 Å². The molecule has 0 spiro atoms. The summed E-state index contributed by atoms with van der Waals surface area (Å²) >= 11 is 0. The summed E-state index contributed by atoms with van der Waals surface area (Å²) in [6.45, 7) is 8.87. The standard InChI is InChI=1S/C14H20N2/c1-11-6-7-12(2)13(8-11)16(5)10-14(3,4)9-15/h6-8H,10H2,1-5H3. The second-order valence-corrected chi connectivity index (χ2v) is 5.14. The predicted octanol–water partition coefficient (Wildman–Crippen LogP) is 3.29. The first kappa shape index (κ1) is 12.6. The van der Waals surface area contributed by atoms with Crippen LogP contribution in [-0.2, 0) is 0 Å². The lowest BCUT2D eigenvalue weighted by molar-refractivity contribution is 0.497. The second-order valence-electron chi connectivity index (χ2n) is 5.14. The van der Waals surface area contributed by atoms with E-state index in [0.717, 1.165) is 6.54 Å². The summed E-state index contributed by atoms with van der Waals surface area (Å²) in [7, 11) is 2.04. The molecule has 0 amide bonds. The zero-order chi connectivity index (χ0) is 12.3. The molecule has 0 saturated heterocycles. The Hall–Kier alpha value is -1.49. The molecule has 86 valence electrons. The Morgan fingerprint density at radius 2 is 1.94 bits per heavy atom. The van der Waals surface area contributed by atoms with E-state index in [4.69, 9.17) is 5.26 Å². The molecular formula is C14H20N2. The maximum Gasteiger partial charge on any atom is 0.0702 e. The van der Waals surface area contributed by atoms with Gasteiger partial charge in [-0.25, -0.2) is 0 Å². The molecule has 0 radical (unpaired) electrons. The summed E-state index contributed by atoms with van der Waals surface area (Å²) in [6.07, 6.45) is 0. The number of rotatable bonds is 3. The van der Waals surface area contributed by atoms with Gasteiger partial charge in [-0.15, -0.1) is 0 Å². The van der Waals surface area contributed by atoms with Crippen molar-refractivity contribution < 1.29 is 0 Å². The zero-order valence-electron chi connectivity index (χ0n) is 10.8. The normalized spacial score (nSPS) is 11.0. The summed E-state index contributed by atoms with van der Waals surface area (Å²) in [6, 6.07) is 8.74. The van der Waals surface area contributed by atoms with Crippen LogP contribution in [-0.4, -0.2) is 13.6 Å². The van der Waals surface area contributed by atoms with Crippen LogP contribution >= 0.6 is 0 Å². The molecule has 0 N–H and O–H groups in total. The van der Waals surface area contributed by atoms with Crippen LogP contribution in [0.1, 0.15) is 25.0 Å². The highest BCUT2D eigenvalue weighted by molar-refractivity contribution is 5.54. The van der Waals surface area contributed by atoms with Crippen molar-refractivity contribution in [3.63, 3.8) is 0 Å². The van der Waals surface area contributed by atoms with Crippen LogP contribution < -0.4 is 4.90 Å². The molecular weight excluding hydrogens is 196 g/mol. The maximum atomic E-state index is 9.04. The van der Waals surface area contributed by atoms with Gasteiger partial charge in [0.25, 0.3) is 0 Å². The third kappa shape index (κ3) is 3.00. The lowest BCUT2D eigenvalue weighted by Crippen LogP contribution is -2.30. The van der Waals surface area contributed by atoms with Gasteiger partial charge in [-0.2, -0.15) is 5.26 Å². The molecule has 0 fully saturated rings. The highest BCUT2D eigenvalue weighted by Crippen LogP contribution is 2.24. The minimum Gasteiger partial charge on any atom is -0.373 e. The number of anilines is 1. The van der Waals surface area contributed by atoms with E-state index in [2.05, 4.69) is 43.0 Å². The first-order valence-electron chi connectivity index (χ1n) is 5.55. The summed E-state index contributed by atoms with van der Waals surface area (Å²) in [5.74, 6) is 0. The van der Waals surface area contributed by atoms with E-state index in [9.17, 15) is 0 Å². The summed E-state index contributed by atoms with van der Waals surface area (Å²) in [4.78, 5) is 2.16. The minimum atomic E-state index is -0.315. The largest absolute Gasteiger partial charge is 0.373 e. The van der Waals surface area contributed by atoms with E-state index in [1.54, 1.807) is 0 Å². The number of aryl methyl sites for hydroxylation is 2. The van der Waals surface area contributed by atoms with E-state index < -0.39 is 0 Å². The van der Waals surface area contributed by atoms with Gasteiger partial charge in [0.2, 0.25) is 0 Å². The predicted molar refractivity (Wildman–Crippen MR) is 68.6 cm³/mol. The van der Waals surface area contributed by atoms with Crippen LogP contribution in [0.5, 0.6) is 0 Å². The van der Waals surface area contributed by atoms with E-state index in [1.807, 2.05) is 20.9 Å². The molecule has 0 atom stereocenters. The van der Waals surface area contributed by atoms with Crippen LogP contribution in [0.2, 0.25) is 0 Å². The molecule has 0 aliphatic rings. The SMILES string of the molecule is Cc1ccc(C)c(N(C)CC(C)(C)C#N)c1. The summed E-state index contributed by atoms with van der Waals surface area (Å²) < 4.78 is 0. The fourth-order valence-corrected chi connectivity index (χ4v) is 1.84. The minimum absolute atomic E-state index is 0.315. The molecule has 0 heterocycles. The highest BCUT2D eigenvalue weighted by atomic mass is 15.1. The number of hydrogen-bond acceptors (Lipinski definition) is 2. The molecule has 1 aromatic rings. The van der Waals surface area contributed by atoms with Gasteiger partial charge >= 0.3 is 0 Å². The van der Waals surface area contributed by atoms with Crippen LogP contribution in [0.4, 0.5) is 5.69 Å². The van der Waals surface area contributed by atoms with Crippen molar-refractivity contribution in [2.45, 2.75) is 27.7 Å². The second kappa shape index (κ2) is 4.57. The molecule has 0 aliphatic heterocycles. The smallest absolute Gasteiger partial charge is 0.0702 e. The molecule has 0 bridgehead atoms. The molecule has 2 heteroatoms. The van der Waals surface area contributed by atoms with Gasteiger partial charge in [-0.05, 0) is 44.9 Å². The topological polar surface area (TPSA) is 27.0 Å². The number of hydrogen-bond donors (Lipinski definition) is 0. The Morgan fingerprint density at radius 1 is 1.31 bits per heavy atom. The number of benzene rings is 1. The van der Waals surface area contributed by atoms with E-state index >= 15 is 0 Å². The average molecular weight is 216 g/mol. The van der Waals surface area contributed by atoms with Gasteiger partial charge in [-0.3, -0.25) is 0 Å². The fourth-order valence-electron chi connectivity index (χ4n) is 1.84. The lowest BCUT2D eigenvalue weighted by Gasteiger charge is -2.27. The molecule has 1 rings (SSSR count). The third-order valence-corrected chi connectivity index (χ3v) is 2.71. The maximum absolute atomic E-state index is 9.04.